The van der Waals surface area contributed by atoms with Crippen LogP contribution in [-0.2, 0) is 17.9 Å². The van der Waals surface area contributed by atoms with Crippen molar-refractivity contribution in [1.29, 1.82) is 0 Å². The number of halogens is 2. The quantitative estimate of drug-likeness (QED) is 0.580. The number of carbonyl (C=O) groups is 1. The van der Waals surface area contributed by atoms with E-state index in [1.165, 1.54) is 17.4 Å². The molecule has 2 N–H and O–H groups in total. The summed E-state index contributed by atoms with van der Waals surface area (Å²) in [5, 5.41) is 13.3. The molecule has 1 heterocycles. The molecule has 0 bridgehead atoms. The van der Waals surface area contributed by atoms with E-state index < -0.39 is 5.97 Å². The number of anilines is 1. The first-order valence-electron chi connectivity index (χ1n) is 8.05. The van der Waals surface area contributed by atoms with Crippen LogP contribution in [-0.4, -0.2) is 17.7 Å². The molecule has 4 nitrogen and oxygen atoms in total. The number of esters is 1. The van der Waals surface area contributed by atoms with Crippen molar-refractivity contribution >= 4 is 44.7 Å². The molecular weight excluding hydrogens is 377 g/mol. The van der Waals surface area contributed by atoms with E-state index in [1.807, 2.05) is 0 Å². The third-order valence-electron chi connectivity index (χ3n) is 3.89. The van der Waals surface area contributed by atoms with Gasteiger partial charge in [0.1, 0.15) is 10.7 Å². The third kappa shape index (κ3) is 3.67. The fourth-order valence-corrected chi connectivity index (χ4v) is 4.00. The van der Waals surface area contributed by atoms with E-state index in [0.29, 0.717) is 36.8 Å². The fourth-order valence-electron chi connectivity index (χ4n) is 2.69. The molecule has 0 atom stereocenters. The van der Waals surface area contributed by atoms with Crippen LogP contribution < -0.4 is 5.32 Å². The van der Waals surface area contributed by atoms with Gasteiger partial charge in [-0.15, -0.1) is 11.3 Å². The highest BCUT2D eigenvalue weighted by Crippen LogP contribution is 2.35. The van der Waals surface area contributed by atoms with Crippen LogP contribution in [0.5, 0.6) is 0 Å². The zero-order chi connectivity index (χ0) is 18.7. The molecule has 0 unspecified atom stereocenters. The Morgan fingerprint density at radius 1 is 1.35 bits per heavy atom. The van der Waals surface area contributed by atoms with Crippen LogP contribution >= 0.6 is 22.9 Å². The summed E-state index contributed by atoms with van der Waals surface area (Å²) in [7, 11) is 0. The van der Waals surface area contributed by atoms with Crippen LogP contribution in [0.2, 0.25) is 5.02 Å². The van der Waals surface area contributed by atoms with Gasteiger partial charge in [0.25, 0.3) is 0 Å². The fraction of sp³-hybridized carbons (Fsp3) is 0.211. The summed E-state index contributed by atoms with van der Waals surface area (Å²) in [6, 6.07) is 9.87. The van der Waals surface area contributed by atoms with E-state index >= 15 is 0 Å². The monoisotopic (exact) mass is 393 g/mol. The number of carbonyl (C=O) groups excluding carboxylic acids is 1. The van der Waals surface area contributed by atoms with Gasteiger partial charge in [-0.25, -0.2) is 9.18 Å². The number of hydrogen-bond donors (Lipinski definition) is 2. The molecule has 3 rings (SSSR count). The number of rotatable bonds is 6. The number of fused-ring (bicyclic) bond motifs is 1. The lowest BCUT2D eigenvalue weighted by Crippen LogP contribution is -2.09. The molecule has 136 valence electrons. The van der Waals surface area contributed by atoms with E-state index in [4.69, 9.17) is 16.3 Å². The highest BCUT2D eigenvalue weighted by molar-refractivity contribution is 7.21. The SMILES string of the molecule is CCOC(=O)c1sc2cccc(F)c2c1CNc1cc(CO)ccc1Cl. The van der Waals surface area contributed by atoms with Crippen molar-refractivity contribution in [3.8, 4) is 0 Å². The van der Waals surface area contributed by atoms with Gasteiger partial charge < -0.3 is 15.2 Å². The average Bonchev–Trinajstić information content (AvgIpc) is 3.01. The second-order valence-electron chi connectivity index (χ2n) is 5.57. The van der Waals surface area contributed by atoms with Crippen molar-refractivity contribution < 1.29 is 19.0 Å². The van der Waals surface area contributed by atoms with Crippen molar-refractivity contribution in [3.63, 3.8) is 0 Å². The lowest BCUT2D eigenvalue weighted by atomic mass is 10.1. The van der Waals surface area contributed by atoms with Crippen molar-refractivity contribution in [2.75, 3.05) is 11.9 Å². The van der Waals surface area contributed by atoms with Gasteiger partial charge in [0.2, 0.25) is 0 Å². The minimum absolute atomic E-state index is 0.115. The van der Waals surface area contributed by atoms with E-state index in [1.54, 1.807) is 37.3 Å². The number of hydrogen-bond acceptors (Lipinski definition) is 5. The first kappa shape index (κ1) is 18.6. The second kappa shape index (κ2) is 8.03. The van der Waals surface area contributed by atoms with Crippen LogP contribution in [0.4, 0.5) is 10.1 Å². The van der Waals surface area contributed by atoms with Gasteiger partial charge in [0, 0.05) is 22.2 Å². The van der Waals surface area contributed by atoms with Gasteiger partial charge in [-0.3, -0.25) is 0 Å². The van der Waals surface area contributed by atoms with Gasteiger partial charge in [-0.2, -0.15) is 0 Å². The summed E-state index contributed by atoms with van der Waals surface area (Å²) >= 11 is 7.39. The van der Waals surface area contributed by atoms with E-state index in [9.17, 15) is 14.3 Å². The van der Waals surface area contributed by atoms with Gasteiger partial charge in [0.15, 0.2) is 0 Å². The van der Waals surface area contributed by atoms with Gasteiger partial charge in [-0.1, -0.05) is 23.7 Å². The molecule has 3 aromatic rings. The van der Waals surface area contributed by atoms with Crippen LogP contribution in [0.15, 0.2) is 36.4 Å². The number of thiophene rings is 1. The molecule has 1 aromatic heterocycles. The van der Waals surface area contributed by atoms with Crippen LogP contribution in [0, 0.1) is 5.82 Å². The van der Waals surface area contributed by atoms with Crippen molar-refractivity contribution in [2.45, 2.75) is 20.1 Å². The number of aliphatic hydroxyl groups excluding tert-OH is 1. The van der Waals surface area contributed by atoms with Gasteiger partial charge >= 0.3 is 5.97 Å². The standard InChI is InChI=1S/C19H17ClFNO3S/c1-2-25-19(24)18-12(17-14(21)4-3-5-16(17)26-18)9-22-15-8-11(10-23)6-7-13(15)20/h3-8,22-23H,2,9-10H2,1H3. The number of aliphatic hydroxyl groups is 1. The largest absolute Gasteiger partial charge is 0.462 e. The van der Waals surface area contributed by atoms with E-state index in [-0.39, 0.29) is 25.6 Å². The molecule has 0 radical (unpaired) electrons. The Balaban J connectivity index is 2.00. The molecule has 0 saturated heterocycles. The summed E-state index contributed by atoms with van der Waals surface area (Å²) in [6.45, 7) is 2.05. The zero-order valence-corrected chi connectivity index (χ0v) is 15.6. The first-order chi connectivity index (χ1) is 12.5. The molecule has 0 saturated carbocycles. The minimum Gasteiger partial charge on any atom is -0.462 e. The second-order valence-corrected chi connectivity index (χ2v) is 7.03. The Hall–Kier alpha value is -2.15. The number of nitrogens with one attached hydrogen (secondary N) is 1. The Kier molecular flexibility index (Phi) is 5.76. The molecule has 0 spiro atoms. The molecular formula is C19H17ClFNO3S. The topological polar surface area (TPSA) is 58.6 Å². The lowest BCUT2D eigenvalue weighted by molar-refractivity contribution is 0.0531. The Bertz CT molecular complexity index is 957. The summed E-state index contributed by atoms with van der Waals surface area (Å²) in [6.07, 6.45) is 0. The van der Waals surface area contributed by atoms with Crippen LogP contribution in [0.25, 0.3) is 10.1 Å². The maximum absolute atomic E-state index is 14.4. The highest BCUT2D eigenvalue weighted by atomic mass is 35.5. The highest BCUT2D eigenvalue weighted by Gasteiger charge is 2.21. The molecule has 0 aliphatic heterocycles. The van der Waals surface area contributed by atoms with Crippen LogP contribution in [0.1, 0.15) is 27.7 Å². The summed E-state index contributed by atoms with van der Waals surface area (Å²) < 4.78 is 20.2. The van der Waals surface area contributed by atoms with Crippen molar-refractivity contribution in [1.82, 2.24) is 0 Å². The molecule has 0 aliphatic carbocycles. The van der Waals surface area contributed by atoms with Crippen molar-refractivity contribution in [2.24, 2.45) is 0 Å². The average molecular weight is 394 g/mol. The molecule has 0 fully saturated rings. The minimum atomic E-state index is -0.472. The molecule has 7 heteroatoms. The lowest BCUT2D eigenvalue weighted by Gasteiger charge is -2.11. The predicted octanol–water partition coefficient (Wildman–Crippen LogP) is 4.97. The normalized spacial score (nSPS) is 10.9. The zero-order valence-electron chi connectivity index (χ0n) is 14.0. The predicted molar refractivity (Wildman–Crippen MR) is 102 cm³/mol. The van der Waals surface area contributed by atoms with E-state index in [2.05, 4.69) is 5.32 Å². The third-order valence-corrected chi connectivity index (χ3v) is 5.40. The van der Waals surface area contributed by atoms with Gasteiger partial charge in [0.05, 0.1) is 23.9 Å². The number of ether oxygens (including phenoxy) is 1. The van der Waals surface area contributed by atoms with E-state index in [0.717, 1.165) is 0 Å². The van der Waals surface area contributed by atoms with Crippen molar-refractivity contribution in [3.05, 3.63) is 63.2 Å². The summed E-state index contributed by atoms with van der Waals surface area (Å²) in [5.74, 6) is -0.860. The molecule has 26 heavy (non-hydrogen) atoms. The Labute approximate surface area is 159 Å². The molecule has 2 aromatic carbocycles. The maximum Gasteiger partial charge on any atom is 0.348 e. The maximum atomic E-state index is 14.4. The summed E-state index contributed by atoms with van der Waals surface area (Å²) in [5.41, 5.74) is 1.83. The van der Waals surface area contributed by atoms with Gasteiger partial charge in [-0.05, 0) is 36.8 Å². The Morgan fingerprint density at radius 2 is 2.15 bits per heavy atom. The smallest absolute Gasteiger partial charge is 0.348 e. The molecule has 0 aliphatic rings. The first-order valence-corrected chi connectivity index (χ1v) is 9.24. The number of benzene rings is 2. The summed E-state index contributed by atoms with van der Waals surface area (Å²) in [4.78, 5) is 12.7. The molecule has 0 amide bonds. The Morgan fingerprint density at radius 3 is 2.88 bits per heavy atom. The van der Waals surface area contributed by atoms with Crippen LogP contribution in [0.3, 0.4) is 0 Å².